The molecule has 3 heteroatoms. The van der Waals surface area contributed by atoms with Crippen molar-refractivity contribution < 1.29 is 9.94 Å². The molecule has 0 saturated heterocycles. The van der Waals surface area contributed by atoms with Crippen molar-refractivity contribution >= 4 is 5.71 Å². The minimum atomic E-state index is -0.411. The second-order valence-electron chi connectivity index (χ2n) is 2.42. The summed E-state index contributed by atoms with van der Waals surface area (Å²) in [6, 6.07) is 0. The van der Waals surface area contributed by atoms with Gasteiger partial charge in [0.05, 0.1) is 11.8 Å². The van der Waals surface area contributed by atoms with Crippen LogP contribution in [-0.2, 0) is 4.84 Å². The van der Waals surface area contributed by atoms with Gasteiger partial charge in [0.1, 0.15) is 0 Å². The Morgan fingerprint density at radius 3 is 2.78 bits per heavy atom. The number of hydrogen-bond donors (Lipinski definition) is 1. The van der Waals surface area contributed by atoms with E-state index in [1.165, 1.54) is 0 Å². The molecule has 2 atom stereocenters. The van der Waals surface area contributed by atoms with Gasteiger partial charge >= 0.3 is 0 Å². The molecule has 1 aliphatic heterocycles. The molecule has 0 bridgehead atoms. The third kappa shape index (κ3) is 1.42. The number of hydrogen-bond acceptors (Lipinski definition) is 3. The fourth-order valence-corrected chi connectivity index (χ4v) is 0.782. The average Bonchev–Trinajstić information content (AvgIpc) is 2.14. The summed E-state index contributed by atoms with van der Waals surface area (Å²) >= 11 is 0. The van der Waals surface area contributed by atoms with Gasteiger partial charge in [0.2, 0.25) is 0 Å². The van der Waals surface area contributed by atoms with E-state index in [2.05, 4.69) is 5.16 Å². The quantitative estimate of drug-likeness (QED) is 0.561. The molecule has 0 amide bonds. The second kappa shape index (κ2) is 2.35. The van der Waals surface area contributed by atoms with Crippen LogP contribution in [0.4, 0.5) is 0 Å². The molecule has 1 unspecified atom stereocenters. The third-order valence-electron chi connectivity index (χ3n) is 1.38. The van der Waals surface area contributed by atoms with Crippen molar-refractivity contribution in [2.45, 2.75) is 32.5 Å². The van der Waals surface area contributed by atoms with E-state index >= 15 is 0 Å². The minimum absolute atomic E-state index is 0.106. The standard InChI is InChI=1S/C6H11NO2/c1-4-3-6(5(2)8)9-7-4/h5-6,8H,3H2,1-2H3/t5-,6?/m0/s1. The summed E-state index contributed by atoms with van der Waals surface area (Å²) in [5.41, 5.74) is 0.959. The van der Waals surface area contributed by atoms with Crippen LogP contribution >= 0.6 is 0 Å². The van der Waals surface area contributed by atoms with Gasteiger partial charge in [0.15, 0.2) is 6.10 Å². The first-order valence-electron chi connectivity index (χ1n) is 3.07. The maximum Gasteiger partial charge on any atom is 0.158 e. The van der Waals surface area contributed by atoms with Crippen molar-refractivity contribution in [1.29, 1.82) is 0 Å². The summed E-state index contributed by atoms with van der Waals surface area (Å²) in [5, 5.41) is 12.7. The Hall–Kier alpha value is -0.570. The van der Waals surface area contributed by atoms with Gasteiger partial charge in [0, 0.05) is 6.42 Å². The molecule has 0 aliphatic carbocycles. The van der Waals surface area contributed by atoms with Gasteiger partial charge in [-0.1, -0.05) is 5.16 Å². The molecule has 0 saturated carbocycles. The molecular weight excluding hydrogens is 118 g/mol. The molecule has 0 aromatic rings. The summed E-state index contributed by atoms with van der Waals surface area (Å²) in [5.74, 6) is 0. The van der Waals surface area contributed by atoms with Crippen LogP contribution in [0.5, 0.6) is 0 Å². The first-order valence-corrected chi connectivity index (χ1v) is 3.07. The van der Waals surface area contributed by atoms with E-state index in [0.717, 1.165) is 12.1 Å². The molecule has 0 aromatic heterocycles. The molecule has 3 nitrogen and oxygen atoms in total. The molecule has 52 valence electrons. The van der Waals surface area contributed by atoms with Crippen LogP contribution in [0.1, 0.15) is 20.3 Å². The Labute approximate surface area is 54.3 Å². The van der Waals surface area contributed by atoms with Gasteiger partial charge in [-0.15, -0.1) is 0 Å². The lowest BCUT2D eigenvalue weighted by molar-refractivity contribution is -0.00780. The van der Waals surface area contributed by atoms with Crippen LogP contribution in [0.15, 0.2) is 5.16 Å². The van der Waals surface area contributed by atoms with Crippen molar-refractivity contribution in [3.05, 3.63) is 0 Å². The molecular formula is C6H11NO2. The van der Waals surface area contributed by atoms with E-state index in [1.807, 2.05) is 6.92 Å². The Morgan fingerprint density at radius 1 is 1.89 bits per heavy atom. The zero-order chi connectivity index (χ0) is 6.85. The number of rotatable bonds is 1. The molecule has 1 heterocycles. The van der Waals surface area contributed by atoms with Crippen LogP contribution in [0.3, 0.4) is 0 Å². The second-order valence-corrected chi connectivity index (χ2v) is 2.42. The van der Waals surface area contributed by atoms with Crippen LogP contribution < -0.4 is 0 Å². The first-order chi connectivity index (χ1) is 4.20. The number of aliphatic hydroxyl groups is 1. The normalized spacial score (nSPS) is 29.2. The van der Waals surface area contributed by atoms with Gasteiger partial charge in [-0.05, 0) is 13.8 Å². The van der Waals surface area contributed by atoms with Crippen LogP contribution in [0, 0.1) is 0 Å². The fraction of sp³-hybridized carbons (Fsp3) is 0.833. The molecule has 0 spiro atoms. The average molecular weight is 129 g/mol. The Kier molecular flexibility index (Phi) is 1.71. The lowest BCUT2D eigenvalue weighted by Crippen LogP contribution is -2.22. The van der Waals surface area contributed by atoms with Crippen LogP contribution in [0.2, 0.25) is 0 Å². The molecule has 1 aliphatic rings. The monoisotopic (exact) mass is 129 g/mol. The lowest BCUT2D eigenvalue weighted by atomic mass is 10.1. The number of aliphatic hydroxyl groups excluding tert-OH is 1. The van der Waals surface area contributed by atoms with E-state index in [9.17, 15) is 0 Å². The summed E-state index contributed by atoms with van der Waals surface area (Å²) in [6.07, 6.45) is 0.244. The summed E-state index contributed by atoms with van der Waals surface area (Å²) < 4.78 is 0. The van der Waals surface area contributed by atoms with Crippen LogP contribution in [0.25, 0.3) is 0 Å². The maximum absolute atomic E-state index is 8.97. The van der Waals surface area contributed by atoms with Gasteiger partial charge in [-0.25, -0.2) is 0 Å². The lowest BCUT2D eigenvalue weighted by Gasteiger charge is -2.09. The predicted molar refractivity (Wildman–Crippen MR) is 34.3 cm³/mol. The van der Waals surface area contributed by atoms with Gasteiger partial charge in [-0.3, -0.25) is 0 Å². The van der Waals surface area contributed by atoms with E-state index in [1.54, 1.807) is 6.92 Å². The van der Waals surface area contributed by atoms with Crippen molar-refractivity contribution in [1.82, 2.24) is 0 Å². The maximum atomic E-state index is 8.97. The van der Waals surface area contributed by atoms with Crippen LogP contribution in [-0.4, -0.2) is 23.0 Å². The zero-order valence-corrected chi connectivity index (χ0v) is 5.66. The minimum Gasteiger partial charge on any atom is -0.389 e. The highest BCUT2D eigenvalue weighted by Gasteiger charge is 2.22. The van der Waals surface area contributed by atoms with E-state index in [0.29, 0.717) is 0 Å². The predicted octanol–water partition coefficient (Wildman–Crippen LogP) is 0.532. The number of nitrogens with zero attached hydrogens (tertiary/aromatic N) is 1. The highest BCUT2D eigenvalue weighted by atomic mass is 16.6. The van der Waals surface area contributed by atoms with Gasteiger partial charge in [0.25, 0.3) is 0 Å². The Balaban J connectivity index is 2.37. The molecule has 0 radical (unpaired) electrons. The topological polar surface area (TPSA) is 41.8 Å². The molecule has 1 N–H and O–H groups in total. The number of oxime groups is 1. The molecule has 9 heavy (non-hydrogen) atoms. The van der Waals surface area contributed by atoms with E-state index in [-0.39, 0.29) is 6.10 Å². The fourth-order valence-electron chi connectivity index (χ4n) is 0.782. The molecule has 1 rings (SSSR count). The summed E-state index contributed by atoms with van der Waals surface area (Å²) in [7, 11) is 0. The Bertz CT molecular complexity index is 131. The zero-order valence-electron chi connectivity index (χ0n) is 5.66. The Morgan fingerprint density at radius 2 is 2.56 bits per heavy atom. The van der Waals surface area contributed by atoms with Crippen molar-refractivity contribution in [3.63, 3.8) is 0 Å². The summed E-state index contributed by atoms with van der Waals surface area (Å²) in [4.78, 5) is 4.86. The summed E-state index contributed by atoms with van der Waals surface area (Å²) in [6.45, 7) is 3.60. The SMILES string of the molecule is CC1=NOC([C@H](C)O)C1. The van der Waals surface area contributed by atoms with E-state index in [4.69, 9.17) is 9.94 Å². The van der Waals surface area contributed by atoms with Crippen molar-refractivity contribution in [2.24, 2.45) is 5.16 Å². The third-order valence-corrected chi connectivity index (χ3v) is 1.38. The smallest absolute Gasteiger partial charge is 0.158 e. The molecule has 0 aromatic carbocycles. The van der Waals surface area contributed by atoms with E-state index < -0.39 is 6.10 Å². The van der Waals surface area contributed by atoms with Gasteiger partial charge < -0.3 is 9.94 Å². The first kappa shape index (κ1) is 6.55. The highest BCUT2D eigenvalue weighted by molar-refractivity contribution is 5.82. The van der Waals surface area contributed by atoms with Crippen molar-refractivity contribution in [3.8, 4) is 0 Å². The largest absolute Gasteiger partial charge is 0.389 e. The van der Waals surface area contributed by atoms with Crippen molar-refractivity contribution in [2.75, 3.05) is 0 Å². The van der Waals surface area contributed by atoms with Gasteiger partial charge in [-0.2, -0.15) is 0 Å². The highest BCUT2D eigenvalue weighted by Crippen LogP contribution is 2.12. The molecule has 0 fully saturated rings.